The van der Waals surface area contributed by atoms with Gasteiger partial charge in [-0.25, -0.2) is 4.39 Å². The fourth-order valence-corrected chi connectivity index (χ4v) is 3.45. The average Bonchev–Trinajstić information content (AvgIpc) is 3.12. The van der Waals surface area contributed by atoms with Gasteiger partial charge >= 0.3 is 0 Å². The molecule has 142 valence electrons. The maximum absolute atomic E-state index is 13.9. The third-order valence-electron chi connectivity index (χ3n) is 5.16. The Bertz CT molecular complexity index is 857. The van der Waals surface area contributed by atoms with Gasteiger partial charge in [0.05, 0.1) is 10.5 Å². The zero-order valence-electron chi connectivity index (χ0n) is 15.3. The number of hydrogen-bond donors (Lipinski definition) is 1. The average molecular weight is 371 g/mol. The number of rotatable bonds is 5. The van der Waals surface area contributed by atoms with Crippen LogP contribution >= 0.6 is 0 Å². The minimum atomic E-state index is -0.750. The molecule has 0 radical (unpaired) electrons. The predicted octanol–water partition coefficient (Wildman–Crippen LogP) is 3.61. The highest BCUT2D eigenvalue weighted by atomic mass is 19.1. The molecule has 0 aromatic heterocycles. The molecule has 1 saturated heterocycles. The van der Waals surface area contributed by atoms with Gasteiger partial charge in [-0.3, -0.25) is 19.8 Å². The molecule has 27 heavy (non-hydrogen) atoms. The molecule has 0 bridgehead atoms. The van der Waals surface area contributed by atoms with Crippen LogP contribution in [0.4, 0.5) is 10.1 Å². The molecule has 2 aromatic carbocycles. The lowest BCUT2D eigenvalue weighted by Gasteiger charge is -2.24. The van der Waals surface area contributed by atoms with Gasteiger partial charge < -0.3 is 5.32 Å². The molecule has 1 fully saturated rings. The Morgan fingerprint density at radius 3 is 2.70 bits per heavy atom. The number of nitrogens with zero attached hydrogens (tertiary/aromatic N) is 2. The number of carbonyl (C=O) groups excluding carboxylic acids is 1. The second-order valence-corrected chi connectivity index (χ2v) is 6.90. The van der Waals surface area contributed by atoms with Crippen molar-refractivity contribution >= 4 is 11.6 Å². The number of nitrogens with one attached hydrogen (secondary N) is 1. The molecule has 2 unspecified atom stereocenters. The van der Waals surface area contributed by atoms with E-state index in [0.29, 0.717) is 6.54 Å². The number of amides is 1. The summed E-state index contributed by atoms with van der Waals surface area (Å²) >= 11 is 0. The Labute approximate surface area is 157 Å². The maximum Gasteiger partial charge on any atom is 0.276 e. The molecular formula is C20H22FN3O3. The summed E-state index contributed by atoms with van der Waals surface area (Å²) in [5.74, 6) is -1.24. The zero-order valence-corrected chi connectivity index (χ0v) is 15.3. The van der Waals surface area contributed by atoms with Gasteiger partial charge in [-0.15, -0.1) is 0 Å². The standard InChI is InChI=1S/C20H22FN3O3/c1-13-18(21)10-16(11-19(13)24(26)27)20(25)22-17-8-9-23(12-17)14(2)15-6-4-3-5-7-15/h3-7,10-11,14,17H,8-9,12H2,1-2H3,(H,22,25). The monoisotopic (exact) mass is 371 g/mol. The van der Waals surface area contributed by atoms with Crippen molar-refractivity contribution in [1.29, 1.82) is 0 Å². The SMILES string of the molecule is Cc1c(F)cc(C(=O)NC2CCN(C(C)c3ccccc3)C2)cc1[N+](=O)[O-]. The first-order chi connectivity index (χ1) is 12.9. The van der Waals surface area contributed by atoms with Crippen LogP contribution in [0.25, 0.3) is 0 Å². The van der Waals surface area contributed by atoms with Crippen LogP contribution in [0.15, 0.2) is 42.5 Å². The van der Waals surface area contributed by atoms with Gasteiger partial charge in [-0.05, 0) is 31.9 Å². The van der Waals surface area contributed by atoms with Crippen LogP contribution < -0.4 is 5.32 Å². The highest BCUT2D eigenvalue weighted by Crippen LogP contribution is 2.26. The van der Waals surface area contributed by atoms with E-state index in [-0.39, 0.29) is 28.9 Å². The summed E-state index contributed by atoms with van der Waals surface area (Å²) < 4.78 is 13.9. The minimum Gasteiger partial charge on any atom is -0.348 e. The molecule has 1 N–H and O–H groups in total. The van der Waals surface area contributed by atoms with Crippen molar-refractivity contribution in [1.82, 2.24) is 10.2 Å². The van der Waals surface area contributed by atoms with Crippen LogP contribution in [0.2, 0.25) is 0 Å². The molecule has 1 aliphatic heterocycles. The van der Waals surface area contributed by atoms with Crippen LogP contribution in [-0.4, -0.2) is 34.9 Å². The Balaban J connectivity index is 1.67. The van der Waals surface area contributed by atoms with E-state index >= 15 is 0 Å². The number of carbonyl (C=O) groups is 1. The summed E-state index contributed by atoms with van der Waals surface area (Å²) in [5, 5.41) is 13.9. The van der Waals surface area contributed by atoms with Gasteiger partial charge in [0.15, 0.2) is 0 Å². The smallest absolute Gasteiger partial charge is 0.276 e. The highest BCUT2D eigenvalue weighted by Gasteiger charge is 2.28. The van der Waals surface area contributed by atoms with Gasteiger partial charge in [0.1, 0.15) is 5.82 Å². The van der Waals surface area contributed by atoms with Crippen molar-refractivity contribution in [3.8, 4) is 0 Å². The maximum atomic E-state index is 13.9. The molecule has 1 heterocycles. The third kappa shape index (κ3) is 4.14. The topological polar surface area (TPSA) is 75.5 Å². The quantitative estimate of drug-likeness (QED) is 0.644. The summed E-state index contributed by atoms with van der Waals surface area (Å²) in [6, 6.07) is 12.5. The van der Waals surface area contributed by atoms with Crippen molar-refractivity contribution in [3.05, 3.63) is 75.1 Å². The van der Waals surface area contributed by atoms with Crippen LogP contribution in [0.3, 0.4) is 0 Å². The van der Waals surface area contributed by atoms with E-state index in [4.69, 9.17) is 0 Å². The number of halogens is 1. The van der Waals surface area contributed by atoms with Crippen molar-refractivity contribution < 1.29 is 14.1 Å². The van der Waals surface area contributed by atoms with Gasteiger partial charge in [0.25, 0.3) is 11.6 Å². The fraction of sp³-hybridized carbons (Fsp3) is 0.350. The number of hydrogen-bond acceptors (Lipinski definition) is 4. The van der Waals surface area contributed by atoms with E-state index in [0.717, 1.165) is 25.1 Å². The Morgan fingerprint density at radius 2 is 2.04 bits per heavy atom. The lowest BCUT2D eigenvalue weighted by molar-refractivity contribution is -0.385. The number of likely N-dealkylation sites (tertiary alicyclic amines) is 1. The first-order valence-corrected chi connectivity index (χ1v) is 8.91. The molecule has 2 aromatic rings. The Morgan fingerprint density at radius 1 is 1.33 bits per heavy atom. The lowest BCUT2D eigenvalue weighted by atomic mass is 10.1. The van der Waals surface area contributed by atoms with E-state index in [2.05, 4.69) is 29.3 Å². The van der Waals surface area contributed by atoms with Crippen molar-refractivity contribution in [2.75, 3.05) is 13.1 Å². The lowest BCUT2D eigenvalue weighted by Crippen LogP contribution is -2.37. The van der Waals surface area contributed by atoms with Gasteiger partial charge in [0.2, 0.25) is 0 Å². The molecule has 2 atom stereocenters. The van der Waals surface area contributed by atoms with Gasteiger partial charge in [-0.2, -0.15) is 0 Å². The normalized spacial score (nSPS) is 18.3. The van der Waals surface area contributed by atoms with Gasteiger partial charge in [-0.1, -0.05) is 30.3 Å². The van der Waals surface area contributed by atoms with E-state index in [1.54, 1.807) is 0 Å². The molecule has 7 heteroatoms. The molecule has 0 saturated carbocycles. The Kier molecular flexibility index (Phi) is 5.51. The van der Waals surface area contributed by atoms with Crippen LogP contribution in [0.1, 0.15) is 40.9 Å². The molecule has 0 aliphatic carbocycles. The highest BCUT2D eigenvalue weighted by molar-refractivity contribution is 5.95. The summed E-state index contributed by atoms with van der Waals surface area (Å²) in [7, 11) is 0. The summed E-state index contributed by atoms with van der Waals surface area (Å²) in [5.41, 5.74) is 0.728. The predicted molar refractivity (Wildman–Crippen MR) is 100 cm³/mol. The van der Waals surface area contributed by atoms with E-state index in [1.807, 2.05) is 18.2 Å². The van der Waals surface area contributed by atoms with Gasteiger partial charge in [0, 0.05) is 36.8 Å². The number of nitro groups is 1. The first kappa shape index (κ1) is 19.0. The molecule has 1 amide bonds. The molecule has 0 spiro atoms. The molecule has 3 rings (SSSR count). The number of nitro benzene ring substituents is 1. The van der Waals surface area contributed by atoms with Crippen molar-refractivity contribution in [3.63, 3.8) is 0 Å². The summed E-state index contributed by atoms with van der Waals surface area (Å²) in [6.45, 7) is 4.97. The van der Waals surface area contributed by atoms with E-state index < -0.39 is 16.6 Å². The fourth-order valence-electron chi connectivity index (χ4n) is 3.45. The zero-order chi connectivity index (χ0) is 19.6. The largest absolute Gasteiger partial charge is 0.348 e. The second kappa shape index (κ2) is 7.84. The van der Waals surface area contributed by atoms with Crippen molar-refractivity contribution in [2.45, 2.75) is 32.4 Å². The summed E-state index contributed by atoms with van der Waals surface area (Å²) in [6.07, 6.45) is 0.777. The van der Waals surface area contributed by atoms with Crippen molar-refractivity contribution in [2.24, 2.45) is 0 Å². The Hall–Kier alpha value is -2.80. The second-order valence-electron chi connectivity index (χ2n) is 6.90. The molecular weight excluding hydrogens is 349 g/mol. The van der Waals surface area contributed by atoms with Crippen LogP contribution in [0.5, 0.6) is 0 Å². The number of benzene rings is 2. The van der Waals surface area contributed by atoms with Crippen LogP contribution in [-0.2, 0) is 0 Å². The molecule has 6 nitrogen and oxygen atoms in total. The first-order valence-electron chi connectivity index (χ1n) is 8.91. The van der Waals surface area contributed by atoms with E-state index in [9.17, 15) is 19.3 Å². The van der Waals surface area contributed by atoms with Crippen LogP contribution in [0, 0.1) is 22.9 Å². The summed E-state index contributed by atoms with van der Waals surface area (Å²) in [4.78, 5) is 25.1. The van der Waals surface area contributed by atoms with E-state index in [1.165, 1.54) is 12.5 Å². The third-order valence-corrected chi connectivity index (χ3v) is 5.16. The molecule has 1 aliphatic rings. The minimum absolute atomic E-state index is 0.0284.